The van der Waals surface area contributed by atoms with Gasteiger partial charge in [-0.3, -0.25) is 0 Å². The summed E-state index contributed by atoms with van der Waals surface area (Å²) in [5.41, 5.74) is 1.20. The first-order valence-electron chi connectivity index (χ1n) is 6.36. The van der Waals surface area contributed by atoms with E-state index in [0.29, 0.717) is 6.04 Å². The van der Waals surface area contributed by atoms with Crippen LogP contribution in [0.3, 0.4) is 0 Å². The van der Waals surface area contributed by atoms with Gasteiger partial charge in [-0.15, -0.1) is 6.58 Å². The Morgan fingerprint density at radius 3 is 2.68 bits per heavy atom. The van der Waals surface area contributed by atoms with Crippen LogP contribution < -0.4 is 14.8 Å². The Hall–Kier alpha value is -1.13. The maximum absolute atomic E-state index is 5.32. The lowest BCUT2D eigenvalue weighted by molar-refractivity contribution is 0.354. The molecular formula is C15H23NO2S. The van der Waals surface area contributed by atoms with E-state index in [-0.39, 0.29) is 0 Å². The molecule has 1 rings (SSSR count). The lowest BCUT2D eigenvalue weighted by Crippen LogP contribution is -2.21. The number of methoxy groups -OCH3 is 2. The van der Waals surface area contributed by atoms with E-state index in [1.54, 1.807) is 14.2 Å². The van der Waals surface area contributed by atoms with Crippen LogP contribution in [0.1, 0.15) is 18.5 Å². The molecule has 1 aromatic rings. The van der Waals surface area contributed by atoms with Gasteiger partial charge in [0.05, 0.1) is 14.2 Å². The molecule has 0 aliphatic heterocycles. The predicted molar refractivity (Wildman–Crippen MR) is 83.5 cm³/mol. The van der Waals surface area contributed by atoms with Crippen LogP contribution in [0.4, 0.5) is 0 Å². The number of thioether (sulfide) groups is 1. The molecule has 0 radical (unpaired) electrons. The summed E-state index contributed by atoms with van der Waals surface area (Å²) < 4.78 is 10.6. The van der Waals surface area contributed by atoms with Gasteiger partial charge in [0, 0.05) is 24.1 Å². The molecule has 0 heterocycles. The number of nitrogens with one attached hydrogen (secondary N) is 1. The second kappa shape index (κ2) is 8.88. The summed E-state index contributed by atoms with van der Waals surface area (Å²) >= 11 is 1.88. The average molecular weight is 281 g/mol. The summed E-state index contributed by atoms with van der Waals surface area (Å²) in [4.78, 5) is 0. The molecule has 1 N–H and O–H groups in total. The van der Waals surface area contributed by atoms with E-state index < -0.39 is 0 Å². The summed E-state index contributed by atoms with van der Waals surface area (Å²) in [7, 11) is 3.31. The molecule has 0 spiro atoms. The van der Waals surface area contributed by atoms with Gasteiger partial charge in [0.1, 0.15) is 0 Å². The summed E-state index contributed by atoms with van der Waals surface area (Å²) in [5.74, 6) is 3.63. The molecule has 0 aromatic heterocycles. The topological polar surface area (TPSA) is 30.5 Å². The summed E-state index contributed by atoms with van der Waals surface area (Å²) in [6, 6.07) is 6.33. The van der Waals surface area contributed by atoms with E-state index in [0.717, 1.165) is 29.5 Å². The maximum atomic E-state index is 5.32. The molecule has 0 bridgehead atoms. The molecule has 0 aliphatic carbocycles. The fourth-order valence-electron chi connectivity index (χ4n) is 1.75. The minimum atomic E-state index is 0.295. The molecule has 0 aliphatic rings. The van der Waals surface area contributed by atoms with Gasteiger partial charge in [-0.05, 0) is 24.6 Å². The quantitative estimate of drug-likeness (QED) is 0.556. The fourth-order valence-corrected chi connectivity index (χ4v) is 2.35. The van der Waals surface area contributed by atoms with Crippen LogP contribution in [0.2, 0.25) is 0 Å². The standard InChI is InChI=1S/C15H23NO2S/c1-5-9-19-10-8-16-12(2)13-6-7-14(17-3)15(11-13)18-4/h5-7,11-12,16H,1,8-10H2,2-4H3. The highest BCUT2D eigenvalue weighted by Crippen LogP contribution is 2.29. The van der Waals surface area contributed by atoms with Gasteiger partial charge in [-0.1, -0.05) is 12.1 Å². The molecule has 19 heavy (non-hydrogen) atoms. The lowest BCUT2D eigenvalue weighted by Gasteiger charge is -2.16. The Morgan fingerprint density at radius 2 is 2.05 bits per heavy atom. The van der Waals surface area contributed by atoms with Gasteiger partial charge in [0.25, 0.3) is 0 Å². The molecule has 0 saturated carbocycles. The first kappa shape index (κ1) is 15.9. The van der Waals surface area contributed by atoms with E-state index in [1.165, 1.54) is 5.56 Å². The largest absolute Gasteiger partial charge is 0.493 e. The van der Waals surface area contributed by atoms with Crippen LogP contribution in [-0.2, 0) is 0 Å². The summed E-state index contributed by atoms with van der Waals surface area (Å²) in [6.07, 6.45) is 1.93. The highest BCUT2D eigenvalue weighted by Gasteiger charge is 2.09. The Morgan fingerprint density at radius 1 is 1.32 bits per heavy atom. The highest BCUT2D eigenvalue weighted by atomic mass is 32.2. The molecule has 1 unspecified atom stereocenters. The molecule has 4 heteroatoms. The van der Waals surface area contributed by atoms with Crippen molar-refractivity contribution in [2.75, 3.05) is 32.3 Å². The maximum Gasteiger partial charge on any atom is 0.161 e. The molecule has 0 saturated heterocycles. The van der Waals surface area contributed by atoms with Crippen molar-refractivity contribution >= 4 is 11.8 Å². The number of rotatable bonds is 9. The zero-order chi connectivity index (χ0) is 14.1. The van der Waals surface area contributed by atoms with Crippen LogP contribution in [0, 0.1) is 0 Å². The van der Waals surface area contributed by atoms with Gasteiger partial charge >= 0.3 is 0 Å². The Bertz CT molecular complexity index is 396. The molecule has 1 atom stereocenters. The van der Waals surface area contributed by atoms with Crippen LogP contribution in [0.25, 0.3) is 0 Å². The normalized spacial score (nSPS) is 11.9. The SMILES string of the molecule is C=CCSCCNC(C)c1ccc(OC)c(OC)c1. The molecule has 0 fully saturated rings. The van der Waals surface area contributed by atoms with Crippen LogP contribution in [0.15, 0.2) is 30.9 Å². The number of hydrogen-bond acceptors (Lipinski definition) is 4. The van der Waals surface area contributed by atoms with E-state index >= 15 is 0 Å². The first-order chi connectivity index (χ1) is 9.22. The minimum absolute atomic E-state index is 0.295. The van der Waals surface area contributed by atoms with Crippen molar-refractivity contribution in [2.24, 2.45) is 0 Å². The van der Waals surface area contributed by atoms with Crippen LogP contribution >= 0.6 is 11.8 Å². The third-order valence-electron chi connectivity index (χ3n) is 2.84. The smallest absolute Gasteiger partial charge is 0.161 e. The lowest BCUT2D eigenvalue weighted by atomic mass is 10.1. The van der Waals surface area contributed by atoms with E-state index in [2.05, 4.69) is 24.9 Å². The Labute approximate surface area is 120 Å². The molecule has 1 aromatic carbocycles. The second-order valence-electron chi connectivity index (χ2n) is 4.15. The van der Waals surface area contributed by atoms with Crippen molar-refractivity contribution in [3.63, 3.8) is 0 Å². The van der Waals surface area contributed by atoms with E-state index in [4.69, 9.17) is 9.47 Å². The summed E-state index contributed by atoms with van der Waals surface area (Å²) in [5, 5.41) is 3.50. The molecule has 3 nitrogen and oxygen atoms in total. The van der Waals surface area contributed by atoms with Crippen LogP contribution in [-0.4, -0.2) is 32.3 Å². The zero-order valence-electron chi connectivity index (χ0n) is 11.9. The third kappa shape index (κ3) is 5.17. The fraction of sp³-hybridized carbons (Fsp3) is 0.467. The van der Waals surface area contributed by atoms with Crippen molar-refractivity contribution in [2.45, 2.75) is 13.0 Å². The zero-order valence-corrected chi connectivity index (χ0v) is 12.8. The van der Waals surface area contributed by atoms with Crippen molar-refractivity contribution in [3.05, 3.63) is 36.4 Å². The predicted octanol–water partition coefficient (Wildman–Crippen LogP) is 3.27. The molecular weight excluding hydrogens is 258 g/mol. The minimum Gasteiger partial charge on any atom is -0.493 e. The Kier molecular flexibility index (Phi) is 7.45. The van der Waals surface area contributed by atoms with Gasteiger partial charge in [0.15, 0.2) is 11.5 Å². The average Bonchev–Trinajstić information content (AvgIpc) is 2.46. The van der Waals surface area contributed by atoms with Gasteiger partial charge < -0.3 is 14.8 Å². The summed E-state index contributed by atoms with van der Waals surface area (Å²) in [6.45, 7) is 6.84. The second-order valence-corrected chi connectivity index (χ2v) is 5.30. The number of benzene rings is 1. The molecule has 0 amide bonds. The van der Waals surface area contributed by atoms with Crippen molar-refractivity contribution < 1.29 is 9.47 Å². The van der Waals surface area contributed by atoms with E-state index in [9.17, 15) is 0 Å². The first-order valence-corrected chi connectivity index (χ1v) is 7.52. The third-order valence-corrected chi connectivity index (χ3v) is 3.80. The monoisotopic (exact) mass is 281 g/mol. The van der Waals surface area contributed by atoms with Gasteiger partial charge in [-0.2, -0.15) is 11.8 Å². The van der Waals surface area contributed by atoms with Crippen molar-refractivity contribution in [1.82, 2.24) is 5.32 Å². The van der Waals surface area contributed by atoms with Crippen molar-refractivity contribution in [1.29, 1.82) is 0 Å². The van der Waals surface area contributed by atoms with Crippen molar-refractivity contribution in [3.8, 4) is 11.5 Å². The Balaban J connectivity index is 2.52. The number of ether oxygens (including phenoxy) is 2. The number of hydrogen-bond donors (Lipinski definition) is 1. The van der Waals surface area contributed by atoms with Crippen LogP contribution in [0.5, 0.6) is 11.5 Å². The molecule has 106 valence electrons. The van der Waals surface area contributed by atoms with E-state index in [1.807, 2.05) is 30.0 Å². The van der Waals surface area contributed by atoms with Gasteiger partial charge in [0.2, 0.25) is 0 Å². The highest BCUT2D eigenvalue weighted by molar-refractivity contribution is 7.99. The van der Waals surface area contributed by atoms with Gasteiger partial charge in [-0.25, -0.2) is 0 Å².